The highest BCUT2D eigenvalue weighted by atomic mass is 16.5. The Labute approximate surface area is 210 Å². The molecule has 3 aromatic rings. The van der Waals surface area contributed by atoms with Crippen LogP contribution in [0.25, 0.3) is 11.4 Å². The number of hydrogen-bond donors (Lipinski definition) is 0. The number of aromatic nitrogens is 4. The first-order chi connectivity index (χ1) is 17.7. The molecule has 5 rings (SSSR count). The Kier molecular flexibility index (Phi) is 7.17. The fraction of sp³-hybridized carbons (Fsp3) is 0.440. The van der Waals surface area contributed by atoms with Crippen LogP contribution in [-0.2, 0) is 4.74 Å². The summed E-state index contributed by atoms with van der Waals surface area (Å²) >= 11 is 0. The number of benzene rings is 1. The van der Waals surface area contributed by atoms with Crippen LogP contribution in [0.4, 0.5) is 17.7 Å². The molecule has 1 aromatic carbocycles. The number of piperazine rings is 1. The molecule has 4 heterocycles. The van der Waals surface area contributed by atoms with Gasteiger partial charge in [-0.3, -0.25) is 0 Å². The Hall–Kier alpha value is -3.86. The number of rotatable bonds is 7. The van der Waals surface area contributed by atoms with Crippen LogP contribution in [0.3, 0.4) is 0 Å². The number of methoxy groups -OCH3 is 3. The number of ether oxygens (including phenoxy) is 4. The lowest BCUT2D eigenvalue weighted by atomic mass is 10.1. The van der Waals surface area contributed by atoms with Crippen molar-refractivity contribution >= 4 is 17.7 Å². The molecule has 36 heavy (non-hydrogen) atoms. The molecule has 0 unspecified atom stereocenters. The second-order valence-electron chi connectivity index (χ2n) is 8.43. The van der Waals surface area contributed by atoms with E-state index in [1.165, 1.54) is 0 Å². The maximum Gasteiger partial charge on any atom is 0.230 e. The van der Waals surface area contributed by atoms with Crippen LogP contribution in [0.5, 0.6) is 17.2 Å². The third-order valence-electron chi connectivity index (χ3n) is 6.36. The third kappa shape index (κ3) is 4.92. The van der Waals surface area contributed by atoms with E-state index in [4.69, 9.17) is 33.9 Å². The molecule has 190 valence electrons. The van der Waals surface area contributed by atoms with Crippen molar-refractivity contribution in [2.45, 2.75) is 0 Å². The molecule has 0 amide bonds. The number of morpholine rings is 1. The minimum absolute atomic E-state index is 0.525. The zero-order valence-corrected chi connectivity index (χ0v) is 20.9. The maximum absolute atomic E-state index is 5.56. The summed E-state index contributed by atoms with van der Waals surface area (Å²) in [5.74, 6) is 4.44. The summed E-state index contributed by atoms with van der Waals surface area (Å²) in [7, 11) is 4.78. The summed E-state index contributed by atoms with van der Waals surface area (Å²) in [6.45, 7) is 5.95. The Morgan fingerprint density at radius 1 is 0.722 bits per heavy atom. The van der Waals surface area contributed by atoms with Crippen molar-refractivity contribution in [2.24, 2.45) is 0 Å². The van der Waals surface area contributed by atoms with Gasteiger partial charge in [0.1, 0.15) is 5.82 Å². The van der Waals surface area contributed by atoms with E-state index >= 15 is 0 Å². The Balaban J connectivity index is 1.49. The van der Waals surface area contributed by atoms with Crippen LogP contribution in [0.1, 0.15) is 0 Å². The monoisotopic (exact) mass is 493 g/mol. The molecule has 0 bridgehead atoms. The molecule has 11 heteroatoms. The van der Waals surface area contributed by atoms with Gasteiger partial charge in [-0.2, -0.15) is 15.0 Å². The van der Waals surface area contributed by atoms with E-state index in [0.717, 1.165) is 50.6 Å². The molecule has 0 saturated carbocycles. The molecule has 2 aliphatic heterocycles. The van der Waals surface area contributed by atoms with E-state index in [-0.39, 0.29) is 0 Å². The van der Waals surface area contributed by atoms with Gasteiger partial charge in [0.05, 0.1) is 34.5 Å². The van der Waals surface area contributed by atoms with Crippen LogP contribution < -0.4 is 28.9 Å². The topological polar surface area (TPSA) is 98.2 Å². The molecule has 0 spiro atoms. The van der Waals surface area contributed by atoms with E-state index in [0.29, 0.717) is 48.2 Å². The van der Waals surface area contributed by atoms with Crippen LogP contribution in [0.2, 0.25) is 0 Å². The number of anilines is 3. The van der Waals surface area contributed by atoms with Gasteiger partial charge in [-0.15, -0.1) is 0 Å². The van der Waals surface area contributed by atoms with Crippen LogP contribution in [-0.4, -0.2) is 93.7 Å². The SMILES string of the molecule is COc1cc(-c2nc(N3CCOCC3)nc(N3CCN(c4ccccn4)CC3)n2)cc(OC)c1OC. The summed E-state index contributed by atoms with van der Waals surface area (Å²) in [5.41, 5.74) is 0.759. The fourth-order valence-corrected chi connectivity index (χ4v) is 4.42. The van der Waals surface area contributed by atoms with Gasteiger partial charge in [0, 0.05) is 51.0 Å². The van der Waals surface area contributed by atoms with Crippen LogP contribution in [0.15, 0.2) is 36.5 Å². The van der Waals surface area contributed by atoms with Crippen molar-refractivity contribution in [1.82, 2.24) is 19.9 Å². The first kappa shape index (κ1) is 23.9. The average Bonchev–Trinajstić information content (AvgIpc) is 2.97. The highest BCUT2D eigenvalue weighted by Crippen LogP contribution is 2.41. The predicted octanol–water partition coefficient (Wildman–Crippen LogP) is 2.12. The first-order valence-electron chi connectivity index (χ1n) is 12.0. The molecule has 0 N–H and O–H groups in total. The molecule has 2 aliphatic rings. The first-order valence-corrected chi connectivity index (χ1v) is 12.0. The normalized spacial score (nSPS) is 16.1. The second-order valence-corrected chi connectivity index (χ2v) is 8.43. The standard InChI is InChI=1S/C25H31N7O4/c1-33-19-16-18(17-20(34-2)22(19)35-3)23-27-24(29-25(28-23)32-12-14-36-15-13-32)31-10-8-30(9-11-31)21-6-4-5-7-26-21/h4-7,16-17H,8-15H2,1-3H3. The largest absolute Gasteiger partial charge is 0.493 e. The Morgan fingerprint density at radius 3 is 1.89 bits per heavy atom. The number of pyridine rings is 1. The summed E-state index contributed by atoms with van der Waals surface area (Å²) in [5, 5.41) is 0. The van der Waals surface area contributed by atoms with Crippen LogP contribution >= 0.6 is 0 Å². The van der Waals surface area contributed by atoms with E-state index in [9.17, 15) is 0 Å². The van der Waals surface area contributed by atoms with Gasteiger partial charge in [-0.05, 0) is 24.3 Å². The molecule has 2 saturated heterocycles. The molecule has 0 atom stereocenters. The molecular formula is C25H31N7O4. The minimum Gasteiger partial charge on any atom is -0.493 e. The van der Waals surface area contributed by atoms with Crippen molar-refractivity contribution in [3.63, 3.8) is 0 Å². The molecular weight excluding hydrogens is 462 g/mol. The fourth-order valence-electron chi connectivity index (χ4n) is 4.42. The summed E-state index contributed by atoms with van der Waals surface area (Å²) in [6, 6.07) is 9.71. The van der Waals surface area contributed by atoms with Crippen molar-refractivity contribution < 1.29 is 18.9 Å². The highest BCUT2D eigenvalue weighted by Gasteiger charge is 2.24. The Morgan fingerprint density at radius 2 is 1.33 bits per heavy atom. The van der Waals surface area contributed by atoms with Gasteiger partial charge in [-0.1, -0.05) is 6.07 Å². The van der Waals surface area contributed by atoms with E-state index in [2.05, 4.69) is 19.7 Å². The van der Waals surface area contributed by atoms with Crippen LogP contribution in [0, 0.1) is 0 Å². The van der Waals surface area contributed by atoms with Gasteiger partial charge in [0.2, 0.25) is 17.6 Å². The summed E-state index contributed by atoms with van der Waals surface area (Å²) in [4.78, 5) is 25.7. The lowest BCUT2D eigenvalue weighted by molar-refractivity contribution is 0.122. The van der Waals surface area contributed by atoms with Crippen molar-refractivity contribution in [3.05, 3.63) is 36.5 Å². The predicted molar refractivity (Wildman–Crippen MR) is 137 cm³/mol. The van der Waals surface area contributed by atoms with Gasteiger partial charge in [-0.25, -0.2) is 4.98 Å². The molecule has 0 aliphatic carbocycles. The maximum atomic E-state index is 5.56. The zero-order chi connectivity index (χ0) is 24.9. The lowest BCUT2D eigenvalue weighted by Crippen LogP contribution is -2.47. The smallest absolute Gasteiger partial charge is 0.230 e. The Bertz CT molecular complexity index is 1140. The number of hydrogen-bond acceptors (Lipinski definition) is 11. The molecule has 11 nitrogen and oxygen atoms in total. The summed E-state index contributed by atoms with van der Waals surface area (Å²) < 4.78 is 22.2. The van der Waals surface area contributed by atoms with Gasteiger partial charge >= 0.3 is 0 Å². The van der Waals surface area contributed by atoms with Crippen molar-refractivity contribution in [2.75, 3.05) is 88.5 Å². The number of nitrogens with zero attached hydrogens (tertiary/aromatic N) is 7. The quantitative estimate of drug-likeness (QED) is 0.484. The zero-order valence-electron chi connectivity index (χ0n) is 20.9. The third-order valence-corrected chi connectivity index (χ3v) is 6.36. The van der Waals surface area contributed by atoms with Gasteiger partial charge < -0.3 is 33.6 Å². The van der Waals surface area contributed by atoms with Crippen molar-refractivity contribution in [1.29, 1.82) is 0 Å². The van der Waals surface area contributed by atoms with Crippen molar-refractivity contribution in [3.8, 4) is 28.6 Å². The van der Waals surface area contributed by atoms with E-state index in [1.807, 2.05) is 36.5 Å². The molecule has 2 aromatic heterocycles. The van der Waals surface area contributed by atoms with E-state index < -0.39 is 0 Å². The minimum atomic E-state index is 0.525. The average molecular weight is 494 g/mol. The molecule has 0 radical (unpaired) electrons. The molecule has 2 fully saturated rings. The van der Waals surface area contributed by atoms with Gasteiger partial charge in [0.25, 0.3) is 0 Å². The highest BCUT2D eigenvalue weighted by molar-refractivity contribution is 5.68. The lowest BCUT2D eigenvalue weighted by Gasteiger charge is -2.36. The second kappa shape index (κ2) is 10.8. The summed E-state index contributed by atoms with van der Waals surface area (Å²) in [6.07, 6.45) is 1.83. The van der Waals surface area contributed by atoms with E-state index in [1.54, 1.807) is 21.3 Å². The van der Waals surface area contributed by atoms with Gasteiger partial charge in [0.15, 0.2) is 17.3 Å².